The molecule has 124 valence electrons. The van der Waals surface area contributed by atoms with Gasteiger partial charge in [-0.25, -0.2) is 4.79 Å². The Morgan fingerprint density at radius 2 is 1.54 bits per heavy atom. The van der Waals surface area contributed by atoms with Crippen molar-refractivity contribution >= 4 is 23.3 Å². The van der Waals surface area contributed by atoms with Gasteiger partial charge in [-0.15, -0.1) is 0 Å². The summed E-state index contributed by atoms with van der Waals surface area (Å²) in [5.74, 6) is -1.04. The van der Waals surface area contributed by atoms with Gasteiger partial charge >= 0.3 is 5.97 Å². The van der Waals surface area contributed by atoms with Crippen LogP contribution in [0.15, 0.2) is 65.9 Å². The van der Waals surface area contributed by atoms with Gasteiger partial charge in [-0.05, 0) is 29.3 Å². The Bertz CT molecular complexity index is 983. The highest BCUT2D eigenvalue weighted by Crippen LogP contribution is 2.20. The molecule has 6 nitrogen and oxygen atoms in total. The third-order valence-corrected chi connectivity index (χ3v) is 3.39. The van der Waals surface area contributed by atoms with E-state index in [-0.39, 0.29) is 16.8 Å². The highest BCUT2D eigenvalue weighted by Gasteiger charge is 2.10. The molecule has 2 aromatic carbocycles. The number of rotatable bonds is 5. The van der Waals surface area contributed by atoms with Crippen molar-refractivity contribution in [2.45, 2.75) is 0 Å². The first-order valence-corrected chi connectivity index (χ1v) is 7.41. The van der Waals surface area contributed by atoms with E-state index in [1.165, 1.54) is 0 Å². The fourth-order valence-electron chi connectivity index (χ4n) is 2.14. The molecule has 0 aliphatic rings. The summed E-state index contributed by atoms with van der Waals surface area (Å²) in [6.45, 7) is 0. The summed E-state index contributed by atoms with van der Waals surface area (Å²) in [6.07, 6.45) is 1.54. The maximum atomic E-state index is 11.5. The van der Waals surface area contributed by atoms with Crippen molar-refractivity contribution in [3.05, 3.63) is 77.0 Å². The van der Waals surface area contributed by atoms with Crippen LogP contribution in [0.2, 0.25) is 0 Å². The molecular formula is C20H12N4O2. The van der Waals surface area contributed by atoms with Crippen molar-refractivity contribution in [3.8, 4) is 18.2 Å². The van der Waals surface area contributed by atoms with E-state index in [0.717, 1.165) is 0 Å². The second kappa shape index (κ2) is 8.49. The number of aliphatic carboxylic acids is 1. The van der Waals surface area contributed by atoms with E-state index in [1.807, 2.05) is 0 Å². The Labute approximate surface area is 150 Å². The molecule has 0 bridgehead atoms. The smallest absolute Gasteiger partial charge is 0.336 e. The van der Waals surface area contributed by atoms with Gasteiger partial charge < -0.3 is 10.4 Å². The number of anilines is 1. The minimum Gasteiger partial charge on any atom is -0.478 e. The average Bonchev–Trinajstić information content (AvgIpc) is 2.67. The Morgan fingerprint density at radius 3 is 2.04 bits per heavy atom. The van der Waals surface area contributed by atoms with Crippen LogP contribution in [-0.4, -0.2) is 11.1 Å². The molecule has 0 aromatic heterocycles. The second-order valence-electron chi connectivity index (χ2n) is 5.06. The summed E-state index contributed by atoms with van der Waals surface area (Å²) in [4.78, 5) is 11.5. The van der Waals surface area contributed by atoms with E-state index in [0.29, 0.717) is 16.8 Å². The van der Waals surface area contributed by atoms with Gasteiger partial charge in [0, 0.05) is 5.69 Å². The quantitative estimate of drug-likeness (QED) is 0.488. The second-order valence-corrected chi connectivity index (χ2v) is 5.06. The predicted molar refractivity (Wildman–Crippen MR) is 95.9 cm³/mol. The molecule has 2 N–H and O–H groups in total. The van der Waals surface area contributed by atoms with E-state index in [2.05, 4.69) is 5.32 Å². The number of hydrogen-bond donors (Lipinski definition) is 2. The van der Waals surface area contributed by atoms with Gasteiger partial charge in [-0.3, -0.25) is 0 Å². The van der Waals surface area contributed by atoms with Crippen LogP contribution in [0, 0.1) is 34.0 Å². The van der Waals surface area contributed by atoms with Crippen molar-refractivity contribution < 1.29 is 9.90 Å². The third-order valence-electron chi connectivity index (χ3n) is 3.39. The van der Waals surface area contributed by atoms with Gasteiger partial charge in [0.15, 0.2) is 5.57 Å². The Balaban J connectivity index is 2.31. The van der Waals surface area contributed by atoms with Crippen LogP contribution in [-0.2, 0) is 4.79 Å². The van der Waals surface area contributed by atoms with Gasteiger partial charge in [0.2, 0.25) is 0 Å². The van der Waals surface area contributed by atoms with E-state index >= 15 is 0 Å². The maximum Gasteiger partial charge on any atom is 0.336 e. The Kier molecular flexibility index (Phi) is 5.88. The van der Waals surface area contributed by atoms with Crippen molar-refractivity contribution in [1.29, 1.82) is 15.8 Å². The molecule has 0 aliphatic carbocycles. The molecule has 0 saturated carbocycles. The zero-order valence-electron chi connectivity index (χ0n) is 13.5. The highest BCUT2D eigenvalue weighted by atomic mass is 16.4. The molecule has 2 aromatic rings. The Hall–Kier alpha value is -4.34. The van der Waals surface area contributed by atoms with Gasteiger partial charge in [0.1, 0.15) is 23.9 Å². The number of nitrogens with zero attached hydrogens (tertiary/aromatic N) is 3. The van der Waals surface area contributed by atoms with Crippen LogP contribution in [0.3, 0.4) is 0 Å². The van der Waals surface area contributed by atoms with Crippen LogP contribution in [0.5, 0.6) is 0 Å². The summed E-state index contributed by atoms with van der Waals surface area (Å²) in [7, 11) is 0. The summed E-state index contributed by atoms with van der Waals surface area (Å²) in [6, 6.07) is 20.4. The van der Waals surface area contributed by atoms with E-state index in [9.17, 15) is 9.90 Å². The minimum absolute atomic E-state index is 0.145. The number of carbonyl (C=O) groups is 1. The van der Waals surface area contributed by atoms with Gasteiger partial charge in [-0.1, -0.05) is 42.5 Å². The van der Waals surface area contributed by atoms with Crippen LogP contribution < -0.4 is 5.32 Å². The maximum absolute atomic E-state index is 11.5. The van der Waals surface area contributed by atoms with Crippen LogP contribution in [0.1, 0.15) is 11.1 Å². The number of carboxylic acid groups (broad SMARTS) is 1. The number of carboxylic acids is 1. The van der Waals surface area contributed by atoms with Crippen molar-refractivity contribution in [2.75, 3.05) is 5.32 Å². The largest absolute Gasteiger partial charge is 0.478 e. The number of hydrogen-bond acceptors (Lipinski definition) is 5. The topological polar surface area (TPSA) is 121 Å². The molecule has 0 radical (unpaired) electrons. The SMILES string of the molecule is N#CC(C#N)=C(C#N)Nc1ccc(C=C(C(=O)O)c2ccccc2)cc1. The average molecular weight is 340 g/mol. The molecule has 0 heterocycles. The summed E-state index contributed by atoms with van der Waals surface area (Å²) >= 11 is 0. The Morgan fingerprint density at radius 1 is 0.923 bits per heavy atom. The number of nitriles is 3. The van der Waals surface area contributed by atoms with Gasteiger partial charge in [-0.2, -0.15) is 15.8 Å². The lowest BCUT2D eigenvalue weighted by Gasteiger charge is -2.06. The summed E-state index contributed by atoms with van der Waals surface area (Å²) in [5.41, 5.74) is 1.44. The molecular weight excluding hydrogens is 328 g/mol. The van der Waals surface area contributed by atoms with E-state index in [4.69, 9.17) is 15.8 Å². The normalized spacial score (nSPS) is 9.96. The van der Waals surface area contributed by atoms with Crippen molar-refractivity contribution in [2.24, 2.45) is 0 Å². The highest BCUT2D eigenvalue weighted by molar-refractivity contribution is 6.20. The molecule has 0 amide bonds. The number of nitrogens with one attached hydrogen (secondary N) is 1. The number of allylic oxidation sites excluding steroid dienone is 2. The minimum atomic E-state index is -1.04. The van der Waals surface area contributed by atoms with Crippen LogP contribution in [0.25, 0.3) is 11.6 Å². The molecule has 0 fully saturated rings. The first-order chi connectivity index (χ1) is 12.6. The van der Waals surface area contributed by atoms with Crippen LogP contribution >= 0.6 is 0 Å². The standard InChI is InChI=1S/C20H12N4O2/c21-11-16(12-22)19(13-23)24-17-8-6-14(7-9-17)10-18(20(25)26)15-4-2-1-3-5-15/h1-10,24H,(H,25,26). The molecule has 0 atom stereocenters. The molecule has 0 spiro atoms. The molecule has 0 aliphatic heterocycles. The van der Waals surface area contributed by atoms with Crippen molar-refractivity contribution in [1.82, 2.24) is 0 Å². The molecule has 0 saturated heterocycles. The lowest BCUT2D eigenvalue weighted by molar-refractivity contribution is -0.130. The zero-order valence-corrected chi connectivity index (χ0v) is 13.5. The first kappa shape index (κ1) is 18.0. The summed E-state index contributed by atoms with van der Waals surface area (Å²) < 4.78 is 0. The van der Waals surface area contributed by atoms with E-state index < -0.39 is 5.97 Å². The monoisotopic (exact) mass is 340 g/mol. The lowest BCUT2D eigenvalue weighted by Crippen LogP contribution is -2.01. The predicted octanol–water partition coefficient (Wildman–Crippen LogP) is 3.55. The fraction of sp³-hybridized carbons (Fsp3) is 0. The van der Waals surface area contributed by atoms with Gasteiger partial charge in [0.05, 0.1) is 5.57 Å². The third kappa shape index (κ3) is 4.35. The molecule has 2 rings (SSSR count). The van der Waals surface area contributed by atoms with Crippen molar-refractivity contribution in [3.63, 3.8) is 0 Å². The molecule has 26 heavy (non-hydrogen) atoms. The zero-order chi connectivity index (χ0) is 18.9. The van der Waals surface area contributed by atoms with Crippen LogP contribution in [0.4, 0.5) is 5.69 Å². The molecule has 0 unspecified atom stereocenters. The number of benzene rings is 2. The van der Waals surface area contributed by atoms with Gasteiger partial charge in [0.25, 0.3) is 0 Å². The lowest BCUT2D eigenvalue weighted by atomic mass is 10.0. The summed E-state index contributed by atoms with van der Waals surface area (Å²) in [5, 5.41) is 38.8. The first-order valence-electron chi connectivity index (χ1n) is 7.41. The fourth-order valence-corrected chi connectivity index (χ4v) is 2.14. The van der Waals surface area contributed by atoms with E-state index in [1.54, 1.807) is 78.9 Å². The molecule has 6 heteroatoms.